The fraction of sp³-hybridized carbons (Fsp3) is 0.645. The van der Waals surface area contributed by atoms with Crippen molar-refractivity contribution < 1.29 is 4.74 Å². The zero-order chi connectivity index (χ0) is 23.1. The number of nitrogens with zero attached hydrogens (tertiary/aromatic N) is 1. The summed E-state index contributed by atoms with van der Waals surface area (Å²) in [5.41, 5.74) is 3.07. The number of benzene rings is 1. The lowest BCUT2D eigenvalue weighted by atomic mass is 9.78. The van der Waals surface area contributed by atoms with Crippen LogP contribution in [0, 0.1) is 23.2 Å². The Morgan fingerprint density at radius 2 is 1.61 bits per heavy atom. The fourth-order valence-electron chi connectivity index (χ4n) is 5.59. The molecule has 2 aliphatic rings. The zero-order valence-corrected chi connectivity index (χ0v) is 20.9. The Kier molecular flexibility index (Phi) is 11.8. The molecule has 0 atom stereocenters. The van der Waals surface area contributed by atoms with Gasteiger partial charge in [-0.25, -0.2) is 0 Å². The monoisotopic (exact) mass is 447 g/mol. The number of nitriles is 1. The van der Waals surface area contributed by atoms with Crippen molar-refractivity contribution in [3.63, 3.8) is 0 Å². The van der Waals surface area contributed by atoms with Gasteiger partial charge < -0.3 is 4.74 Å². The molecule has 0 saturated heterocycles. The van der Waals surface area contributed by atoms with E-state index >= 15 is 0 Å². The van der Waals surface area contributed by atoms with E-state index in [0.29, 0.717) is 12.0 Å². The lowest BCUT2D eigenvalue weighted by molar-refractivity contribution is -0.00456. The Morgan fingerprint density at radius 1 is 0.879 bits per heavy atom. The average molecular weight is 448 g/mol. The van der Waals surface area contributed by atoms with E-state index in [1.165, 1.54) is 102 Å². The highest BCUT2D eigenvalue weighted by atomic mass is 16.5. The third-order valence-corrected chi connectivity index (χ3v) is 7.82. The summed E-state index contributed by atoms with van der Waals surface area (Å²) in [5.74, 6) is 2.14. The fourth-order valence-corrected chi connectivity index (χ4v) is 5.59. The molecule has 1 aromatic carbocycles. The largest absolute Gasteiger partial charge is 0.378 e. The topological polar surface area (TPSA) is 33.0 Å². The maximum Gasteiger partial charge on any atom is 0.0912 e. The summed E-state index contributed by atoms with van der Waals surface area (Å²) in [6.45, 7) is 3.24. The number of hydrogen-bond donors (Lipinski definition) is 0. The quantitative estimate of drug-likeness (QED) is 0.182. The zero-order valence-electron chi connectivity index (χ0n) is 20.9. The van der Waals surface area contributed by atoms with E-state index in [-0.39, 0.29) is 0 Å². The summed E-state index contributed by atoms with van der Waals surface area (Å²) >= 11 is 0. The molecule has 3 rings (SSSR count). The van der Waals surface area contributed by atoms with Gasteiger partial charge in [0.1, 0.15) is 0 Å². The Morgan fingerprint density at radius 3 is 2.30 bits per heavy atom. The molecule has 2 saturated carbocycles. The SMILES string of the molecule is CCCCCCCc1ccc([C@H]2CC[C@H](CO[C@H]3CC[C@H](/C=C/C=C/C#N)CC3)CC2)cc1. The lowest BCUT2D eigenvalue weighted by Crippen LogP contribution is -2.25. The van der Waals surface area contributed by atoms with Crippen LogP contribution in [0.25, 0.3) is 0 Å². The molecule has 180 valence electrons. The van der Waals surface area contributed by atoms with Gasteiger partial charge in [-0.3, -0.25) is 0 Å². The van der Waals surface area contributed by atoms with Crippen LogP contribution in [0.4, 0.5) is 0 Å². The number of aryl methyl sites for hydroxylation is 1. The second-order valence-corrected chi connectivity index (χ2v) is 10.4. The van der Waals surface area contributed by atoms with Gasteiger partial charge in [-0.2, -0.15) is 5.26 Å². The van der Waals surface area contributed by atoms with Crippen LogP contribution in [0.3, 0.4) is 0 Å². The number of hydrogen-bond acceptors (Lipinski definition) is 2. The van der Waals surface area contributed by atoms with E-state index in [1.54, 1.807) is 5.56 Å². The van der Waals surface area contributed by atoms with Crippen LogP contribution in [0.1, 0.15) is 107 Å². The summed E-state index contributed by atoms with van der Waals surface area (Å²) in [4.78, 5) is 0. The predicted octanol–water partition coefficient (Wildman–Crippen LogP) is 8.68. The van der Waals surface area contributed by atoms with Gasteiger partial charge in [-0.05, 0) is 93.1 Å². The molecular weight excluding hydrogens is 402 g/mol. The molecular formula is C31H45NO. The van der Waals surface area contributed by atoms with Crippen molar-refractivity contribution in [3.8, 4) is 6.07 Å². The van der Waals surface area contributed by atoms with E-state index in [0.717, 1.165) is 18.4 Å². The molecule has 0 N–H and O–H groups in total. The molecule has 0 amide bonds. The first kappa shape index (κ1) is 25.8. The second-order valence-electron chi connectivity index (χ2n) is 10.4. The van der Waals surface area contributed by atoms with Crippen molar-refractivity contribution in [1.29, 1.82) is 5.26 Å². The molecule has 0 aromatic heterocycles. The molecule has 2 aliphatic carbocycles. The van der Waals surface area contributed by atoms with Crippen molar-refractivity contribution in [2.75, 3.05) is 6.61 Å². The summed E-state index contributed by atoms with van der Waals surface area (Å²) in [5, 5.41) is 8.55. The normalized spacial score (nSPS) is 26.1. The molecule has 0 unspecified atom stereocenters. The van der Waals surface area contributed by atoms with Crippen LogP contribution in [-0.4, -0.2) is 12.7 Å². The molecule has 1 aromatic rings. The number of unbranched alkanes of at least 4 members (excludes halogenated alkanes) is 4. The van der Waals surface area contributed by atoms with E-state index in [9.17, 15) is 0 Å². The van der Waals surface area contributed by atoms with Gasteiger partial charge in [0.2, 0.25) is 0 Å². The van der Waals surface area contributed by atoms with Crippen molar-refractivity contribution in [2.45, 2.75) is 109 Å². The minimum Gasteiger partial charge on any atom is -0.378 e. The summed E-state index contributed by atoms with van der Waals surface area (Å²) in [6.07, 6.45) is 26.2. The Bertz CT molecular complexity index is 740. The van der Waals surface area contributed by atoms with Crippen molar-refractivity contribution in [3.05, 3.63) is 59.7 Å². The van der Waals surface area contributed by atoms with Crippen LogP contribution in [-0.2, 0) is 11.2 Å². The van der Waals surface area contributed by atoms with Gasteiger partial charge in [-0.1, -0.05) is 75.1 Å². The summed E-state index contributed by atoms with van der Waals surface area (Å²) in [6, 6.07) is 11.6. The molecule has 0 bridgehead atoms. The maximum atomic E-state index is 8.55. The first-order valence-electron chi connectivity index (χ1n) is 13.7. The van der Waals surface area contributed by atoms with Crippen molar-refractivity contribution >= 4 is 0 Å². The maximum absolute atomic E-state index is 8.55. The molecule has 0 heterocycles. The van der Waals surface area contributed by atoms with E-state index in [4.69, 9.17) is 10.00 Å². The van der Waals surface area contributed by atoms with Gasteiger partial charge >= 0.3 is 0 Å². The third-order valence-electron chi connectivity index (χ3n) is 7.82. The minimum atomic E-state index is 0.455. The molecule has 0 aliphatic heterocycles. The highest BCUT2D eigenvalue weighted by Crippen LogP contribution is 2.37. The third kappa shape index (κ3) is 9.50. The lowest BCUT2D eigenvalue weighted by Gasteiger charge is -2.32. The molecule has 2 heteroatoms. The highest BCUT2D eigenvalue weighted by molar-refractivity contribution is 5.26. The van der Waals surface area contributed by atoms with E-state index in [1.807, 2.05) is 18.2 Å². The average Bonchev–Trinajstić information content (AvgIpc) is 2.87. The van der Waals surface area contributed by atoms with Gasteiger partial charge in [0.25, 0.3) is 0 Å². The van der Waals surface area contributed by atoms with E-state index < -0.39 is 0 Å². The Labute approximate surface area is 203 Å². The first-order valence-corrected chi connectivity index (χ1v) is 13.7. The van der Waals surface area contributed by atoms with Gasteiger partial charge in [-0.15, -0.1) is 0 Å². The number of rotatable bonds is 12. The second kappa shape index (κ2) is 15.1. The van der Waals surface area contributed by atoms with Crippen LogP contribution >= 0.6 is 0 Å². The van der Waals surface area contributed by atoms with Crippen molar-refractivity contribution in [2.24, 2.45) is 11.8 Å². The van der Waals surface area contributed by atoms with Gasteiger partial charge in [0.05, 0.1) is 12.2 Å². The van der Waals surface area contributed by atoms with Gasteiger partial charge in [0.15, 0.2) is 0 Å². The predicted molar refractivity (Wildman–Crippen MR) is 139 cm³/mol. The minimum absolute atomic E-state index is 0.455. The smallest absolute Gasteiger partial charge is 0.0912 e. The molecule has 2 nitrogen and oxygen atoms in total. The van der Waals surface area contributed by atoms with Crippen LogP contribution in [0.5, 0.6) is 0 Å². The highest BCUT2D eigenvalue weighted by Gasteiger charge is 2.25. The Balaban J connectivity index is 1.29. The Hall–Kier alpha value is -1.85. The van der Waals surface area contributed by atoms with E-state index in [2.05, 4.69) is 37.3 Å². The molecule has 0 spiro atoms. The van der Waals surface area contributed by atoms with Crippen molar-refractivity contribution in [1.82, 2.24) is 0 Å². The molecule has 2 fully saturated rings. The molecule has 33 heavy (non-hydrogen) atoms. The molecule has 0 radical (unpaired) electrons. The number of ether oxygens (including phenoxy) is 1. The standard InChI is InChI=1S/C31H45NO/c1-2-3-4-5-7-10-26-12-18-29(19-13-26)30-20-14-28(15-21-30)25-33-31-22-16-27(17-23-31)11-8-6-9-24-32/h6,8-9,11-13,18-19,27-28,30-31H,2-5,7,10,14-17,20-23,25H2,1H3/b9-6+,11-8+/t27-,28-,30-,31-. The first-order chi connectivity index (χ1) is 16.3. The summed E-state index contributed by atoms with van der Waals surface area (Å²) in [7, 11) is 0. The number of allylic oxidation sites excluding steroid dienone is 4. The van der Waals surface area contributed by atoms with Crippen LogP contribution < -0.4 is 0 Å². The van der Waals surface area contributed by atoms with Gasteiger partial charge in [0, 0.05) is 12.7 Å². The van der Waals surface area contributed by atoms with Crippen LogP contribution in [0.2, 0.25) is 0 Å². The van der Waals surface area contributed by atoms with Crippen LogP contribution in [0.15, 0.2) is 48.6 Å². The summed E-state index contributed by atoms with van der Waals surface area (Å²) < 4.78 is 6.35.